The van der Waals surface area contributed by atoms with Crippen molar-refractivity contribution in [2.75, 3.05) is 21.3 Å². The fourth-order valence-corrected chi connectivity index (χ4v) is 4.34. The number of aryl methyl sites for hydroxylation is 1. The molecule has 162 valence electrons. The summed E-state index contributed by atoms with van der Waals surface area (Å²) >= 11 is 1.45. The number of aromatic nitrogens is 6. The number of hydrogen-bond donors (Lipinski definition) is 0. The number of imidazole rings is 1. The van der Waals surface area contributed by atoms with Crippen LogP contribution >= 0.6 is 11.3 Å². The summed E-state index contributed by atoms with van der Waals surface area (Å²) in [5.74, 6) is 2.39. The molecule has 1 aromatic carbocycles. The Morgan fingerprint density at radius 3 is 2.47 bits per heavy atom. The molecule has 0 atom stereocenters. The van der Waals surface area contributed by atoms with Gasteiger partial charge < -0.3 is 14.2 Å². The molecule has 0 fully saturated rings. The molecule has 0 radical (unpaired) electrons. The summed E-state index contributed by atoms with van der Waals surface area (Å²) < 4.78 is 20.0. The Labute approximate surface area is 187 Å². The molecule has 0 spiro atoms. The van der Waals surface area contributed by atoms with Crippen LogP contribution < -0.4 is 14.2 Å². The van der Waals surface area contributed by atoms with Crippen LogP contribution in [0.15, 0.2) is 36.5 Å². The standard InChI is InChI=1S/C22H20N6O3S/c1-13-19(27-10-6-5-7-17(27)23-13)21-24-25-22-28(21)26-18(32-22)9-8-14-11-15(29-2)20(31-4)16(12-14)30-3/h5-12H,1-4H3/b9-8+. The van der Waals surface area contributed by atoms with E-state index in [0.29, 0.717) is 28.0 Å². The lowest BCUT2D eigenvalue weighted by Crippen LogP contribution is -1.96. The zero-order valence-electron chi connectivity index (χ0n) is 17.9. The van der Waals surface area contributed by atoms with E-state index in [1.54, 1.807) is 25.8 Å². The van der Waals surface area contributed by atoms with Gasteiger partial charge in [-0.3, -0.25) is 4.40 Å². The van der Waals surface area contributed by atoms with Gasteiger partial charge in [-0.05, 0) is 42.8 Å². The zero-order chi connectivity index (χ0) is 22.2. The first-order valence-electron chi connectivity index (χ1n) is 9.77. The predicted molar refractivity (Wildman–Crippen MR) is 123 cm³/mol. The molecular formula is C22H20N6O3S. The Hall–Kier alpha value is -3.92. The van der Waals surface area contributed by atoms with Crippen molar-refractivity contribution in [1.29, 1.82) is 0 Å². The van der Waals surface area contributed by atoms with Gasteiger partial charge in [-0.1, -0.05) is 23.5 Å². The van der Waals surface area contributed by atoms with Gasteiger partial charge in [0.15, 0.2) is 11.5 Å². The van der Waals surface area contributed by atoms with Crippen LogP contribution in [0.25, 0.3) is 34.3 Å². The third-order valence-corrected chi connectivity index (χ3v) is 5.89. The van der Waals surface area contributed by atoms with E-state index in [2.05, 4.69) is 15.2 Å². The van der Waals surface area contributed by atoms with E-state index in [0.717, 1.165) is 27.6 Å². The smallest absolute Gasteiger partial charge is 0.235 e. The number of rotatable bonds is 6. The minimum Gasteiger partial charge on any atom is -0.493 e. The van der Waals surface area contributed by atoms with Crippen molar-refractivity contribution in [2.45, 2.75) is 6.92 Å². The molecule has 0 amide bonds. The Balaban J connectivity index is 1.53. The van der Waals surface area contributed by atoms with Crippen LogP contribution in [0, 0.1) is 6.92 Å². The first-order chi connectivity index (χ1) is 15.6. The molecule has 0 aliphatic rings. The minimum atomic E-state index is 0.555. The molecule has 4 heterocycles. The van der Waals surface area contributed by atoms with Crippen molar-refractivity contribution in [2.24, 2.45) is 0 Å². The molecule has 4 aromatic heterocycles. The van der Waals surface area contributed by atoms with Gasteiger partial charge in [-0.15, -0.1) is 10.2 Å². The molecule has 0 N–H and O–H groups in total. The average molecular weight is 449 g/mol. The first kappa shape index (κ1) is 20.0. The molecular weight excluding hydrogens is 428 g/mol. The lowest BCUT2D eigenvalue weighted by molar-refractivity contribution is 0.324. The van der Waals surface area contributed by atoms with Gasteiger partial charge in [-0.25, -0.2) is 4.98 Å². The molecule has 5 aromatic rings. The number of hydrogen-bond acceptors (Lipinski definition) is 8. The maximum absolute atomic E-state index is 5.43. The van der Waals surface area contributed by atoms with Crippen LogP contribution in [0.2, 0.25) is 0 Å². The van der Waals surface area contributed by atoms with Crippen molar-refractivity contribution < 1.29 is 14.2 Å². The van der Waals surface area contributed by atoms with E-state index in [4.69, 9.17) is 19.3 Å². The number of fused-ring (bicyclic) bond motifs is 2. The van der Waals surface area contributed by atoms with Crippen molar-refractivity contribution in [3.05, 3.63) is 52.8 Å². The number of ether oxygens (including phenoxy) is 3. The minimum absolute atomic E-state index is 0.555. The third kappa shape index (κ3) is 3.25. The monoisotopic (exact) mass is 448 g/mol. The Bertz CT molecular complexity index is 1440. The van der Waals surface area contributed by atoms with Crippen molar-refractivity contribution in [3.63, 3.8) is 0 Å². The highest BCUT2D eigenvalue weighted by molar-refractivity contribution is 7.17. The quantitative estimate of drug-likeness (QED) is 0.388. The van der Waals surface area contributed by atoms with Gasteiger partial charge >= 0.3 is 0 Å². The summed E-state index contributed by atoms with van der Waals surface area (Å²) in [6.07, 6.45) is 5.82. The summed E-state index contributed by atoms with van der Waals surface area (Å²) in [6, 6.07) is 9.64. The molecule has 0 bridgehead atoms. The SMILES string of the molecule is COc1cc(/C=C/c2nn3c(-c4c(C)nc5ccccn45)nnc3s2)cc(OC)c1OC. The second kappa shape index (κ2) is 7.97. The molecule has 0 saturated heterocycles. The normalized spacial score (nSPS) is 11.6. The molecule has 9 nitrogen and oxygen atoms in total. The van der Waals surface area contributed by atoms with E-state index < -0.39 is 0 Å². The first-order valence-corrected chi connectivity index (χ1v) is 10.6. The van der Waals surface area contributed by atoms with Gasteiger partial charge in [0.1, 0.15) is 16.3 Å². The van der Waals surface area contributed by atoms with Crippen LogP contribution in [0.3, 0.4) is 0 Å². The lowest BCUT2D eigenvalue weighted by Gasteiger charge is -2.12. The van der Waals surface area contributed by atoms with E-state index in [9.17, 15) is 0 Å². The van der Waals surface area contributed by atoms with Gasteiger partial charge in [0.2, 0.25) is 16.5 Å². The lowest BCUT2D eigenvalue weighted by atomic mass is 10.1. The van der Waals surface area contributed by atoms with Crippen LogP contribution in [-0.2, 0) is 0 Å². The third-order valence-electron chi connectivity index (χ3n) is 5.03. The van der Waals surface area contributed by atoms with Crippen molar-refractivity contribution in [1.82, 2.24) is 29.2 Å². The summed E-state index contributed by atoms with van der Waals surface area (Å²) in [6.45, 7) is 1.96. The number of pyridine rings is 1. The van der Waals surface area contributed by atoms with E-state index in [1.165, 1.54) is 11.3 Å². The van der Waals surface area contributed by atoms with Gasteiger partial charge in [0.05, 0.1) is 27.0 Å². The molecule has 0 saturated carbocycles. The number of methoxy groups -OCH3 is 3. The highest BCUT2D eigenvalue weighted by Crippen LogP contribution is 2.38. The maximum atomic E-state index is 5.43. The summed E-state index contributed by atoms with van der Waals surface area (Å²) in [5, 5.41) is 14.2. The molecule has 0 unspecified atom stereocenters. The Morgan fingerprint density at radius 2 is 1.75 bits per heavy atom. The van der Waals surface area contributed by atoms with Gasteiger partial charge in [-0.2, -0.15) is 9.61 Å². The Morgan fingerprint density at radius 1 is 0.969 bits per heavy atom. The Kier molecular flexibility index (Phi) is 4.98. The molecule has 5 rings (SSSR count). The topological polar surface area (TPSA) is 88.1 Å². The predicted octanol–water partition coefficient (Wildman–Crippen LogP) is 4.01. The molecule has 32 heavy (non-hydrogen) atoms. The van der Waals surface area contributed by atoms with Crippen LogP contribution in [0.4, 0.5) is 0 Å². The largest absolute Gasteiger partial charge is 0.493 e. The molecule has 10 heteroatoms. The summed E-state index contributed by atoms with van der Waals surface area (Å²) in [5.41, 5.74) is 3.49. The van der Waals surface area contributed by atoms with E-state index in [1.807, 2.05) is 60.0 Å². The maximum Gasteiger partial charge on any atom is 0.235 e. The zero-order valence-corrected chi connectivity index (χ0v) is 18.8. The summed E-state index contributed by atoms with van der Waals surface area (Å²) in [4.78, 5) is 5.32. The van der Waals surface area contributed by atoms with Gasteiger partial charge in [0.25, 0.3) is 0 Å². The fourth-order valence-electron chi connectivity index (χ4n) is 3.59. The van der Waals surface area contributed by atoms with Crippen LogP contribution in [0.1, 0.15) is 16.3 Å². The molecule has 0 aliphatic heterocycles. The fraction of sp³-hybridized carbons (Fsp3) is 0.182. The van der Waals surface area contributed by atoms with E-state index in [-0.39, 0.29) is 0 Å². The highest BCUT2D eigenvalue weighted by atomic mass is 32.1. The van der Waals surface area contributed by atoms with Crippen molar-refractivity contribution in [3.8, 4) is 28.8 Å². The van der Waals surface area contributed by atoms with E-state index >= 15 is 0 Å². The average Bonchev–Trinajstić information content (AvgIpc) is 3.48. The molecule has 0 aliphatic carbocycles. The number of nitrogens with zero attached hydrogens (tertiary/aromatic N) is 6. The van der Waals surface area contributed by atoms with Crippen molar-refractivity contribution >= 4 is 34.1 Å². The second-order valence-corrected chi connectivity index (χ2v) is 7.91. The highest BCUT2D eigenvalue weighted by Gasteiger charge is 2.19. The van der Waals surface area contributed by atoms with Crippen LogP contribution in [0.5, 0.6) is 17.2 Å². The summed E-state index contributed by atoms with van der Waals surface area (Å²) in [7, 11) is 4.77. The van der Waals surface area contributed by atoms with Crippen LogP contribution in [-0.4, -0.2) is 50.5 Å². The van der Waals surface area contributed by atoms with Gasteiger partial charge in [0, 0.05) is 6.20 Å². The number of benzene rings is 1. The second-order valence-electron chi connectivity index (χ2n) is 6.92.